The van der Waals surface area contributed by atoms with Gasteiger partial charge in [-0.3, -0.25) is 0 Å². The minimum Gasteiger partial charge on any atom is -0.330 e. The van der Waals surface area contributed by atoms with Crippen molar-refractivity contribution in [2.24, 2.45) is 28.9 Å². The second kappa shape index (κ2) is 7.26. The maximum Gasteiger partial charge on any atom is 0.000978 e. The van der Waals surface area contributed by atoms with E-state index in [0.717, 1.165) is 24.3 Å². The molecule has 2 aliphatic rings. The van der Waals surface area contributed by atoms with Crippen LogP contribution in [0.5, 0.6) is 0 Å². The van der Waals surface area contributed by atoms with E-state index in [-0.39, 0.29) is 0 Å². The average Bonchev–Trinajstić information content (AvgIpc) is 3.22. The molecule has 1 unspecified atom stereocenters. The first-order valence-corrected chi connectivity index (χ1v) is 8.91. The lowest BCUT2D eigenvalue weighted by atomic mass is 9.76. The number of nitrogens with two attached hydrogens (primary N) is 1. The van der Waals surface area contributed by atoms with Gasteiger partial charge in [0.25, 0.3) is 0 Å². The molecule has 118 valence electrons. The second-order valence-corrected chi connectivity index (χ2v) is 8.43. The molecule has 0 spiro atoms. The summed E-state index contributed by atoms with van der Waals surface area (Å²) in [4.78, 5) is 2.78. The molecule has 0 saturated heterocycles. The molecular formula is C18H36N2. The second-order valence-electron chi connectivity index (χ2n) is 8.43. The molecule has 2 N–H and O–H groups in total. The summed E-state index contributed by atoms with van der Waals surface area (Å²) in [5, 5.41) is 0. The Kier molecular flexibility index (Phi) is 5.92. The fourth-order valence-corrected chi connectivity index (χ4v) is 3.36. The van der Waals surface area contributed by atoms with Crippen molar-refractivity contribution in [1.29, 1.82) is 0 Å². The smallest absolute Gasteiger partial charge is 0.000978 e. The van der Waals surface area contributed by atoms with Crippen molar-refractivity contribution < 1.29 is 0 Å². The van der Waals surface area contributed by atoms with E-state index in [2.05, 4.69) is 25.7 Å². The highest BCUT2D eigenvalue weighted by atomic mass is 15.1. The van der Waals surface area contributed by atoms with Crippen molar-refractivity contribution in [1.82, 2.24) is 4.90 Å². The van der Waals surface area contributed by atoms with Crippen LogP contribution >= 0.6 is 0 Å². The number of nitrogens with zero attached hydrogens (tertiary/aromatic N) is 1. The third-order valence-corrected chi connectivity index (χ3v) is 5.19. The lowest BCUT2D eigenvalue weighted by Gasteiger charge is -2.31. The highest BCUT2D eigenvalue weighted by Crippen LogP contribution is 2.35. The van der Waals surface area contributed by atoms with E-state index < -0.39 is 0 Å². The van der Waals surface area contributed by atoms with E-state index in [9.17, 15) is 0 Å². The van der Waals surface area contributed by atoms with Crippen LogP contribution in [-0.2, 0) is 0 Å². The molecular weight excluding hydrogens is 244 g/mol. The molecule has 0 bridgehead atoms. The summed E-state index contributed by atoms with van der Waals surface area (Å²) in [6.45, 7) is 12.1. The van der Waals surface area contributed by atoms with Crippen LogP contribution in [0.3, 0.4) is 0 Å². The molecule has 0 aliphatic heterocycles. The Balaban J connectivity index is 1.69. The molecule has 2 rings (SSSR count). The highest BCUT2D eigenvalue weighted by Gasteiger charge is 2.29. The minimum absolute atomic E-state index is 0.414. The van der Waals surface area contributed by atoms with Gasteiger partial charge in [0.05, 0.1) is 0 Å². The minimum atomic E-state index is 0.414. The van der Waals surface area contributed by atoms with Gasteiger partial charge in [-0.25, -0.2) is 0 Å². The van der Waals surface area contributed by atoms with Gasteiger partial charge in [-0.2, -0.15) is 0 Å². The molecule has 1 atom stereocenters. The van der Waals surface area contributed by atoms with Gasteiger partial charge in [0.1, 0.15) is 0 Å². The summed E-state index contributed by atoms with van der Waals surface area (Å²) in [6.07, 6.45) is 9.85. The van der Waals surface area contributed by atoms with Crippen LogP contribution in [0.25, 0.3) is 0 Å². The third kappa shape index (κ3) is 6.13. The highest BCUT2D eigenvalue weighted by molar-refractivity contribution is 4.83. The number of rotatable bonds is 10. The van der Waals surface area contributed by atoms with Crippen molar-refractivity contribution in [3.8, 4) is 0 Å². The molecule has 0 aromatic carbocycles. The fraction of sp³-hybridized carbons (Fsp3) is 1.00. The molecule has 2 heteroatoms. The molecule has 0 radical (unpaired) electrons. The lowest BCUT2D eigenvalue weighted by molar-refractivity contribution is 0.189. The monoisotopic (exact) mass is 280 g/mol. The van der Waals surface area contributed by atoms with Crippen LogP contribution in [0.4, 0.5) is 0 Å². The summed E-state index contributed by atoms with van der Waals surface area (Å²) >= 11 is 0. The zero-order valence-corrected chi connectivity index (χ0v) is 14.0. The maximum atomic E-state index is 5.80. The van der Waals surface area contributed by atoms with Crippen LogP contribution in [0.2, 0.25) is 0 Å². The van der Waals surface area contributed by atoms with Crippen LogP contribution < -0.4 is 5.73 Å². The maximum absolute atomic E-state index is 5.80. The SMILES string of the molecule is CC(C)(C)C(CCN)CCCN(CC1CC1)CC1CC1. The molecule has 2 saturated carbocycles. The van der Waals surface area contributed by atoms with Gasteiger partial charge in [0.15, 0.2) is 0 Å². The Morgan fingerprint density at radius 1 is 1.00 bits per heavy atom. The summed E-state index contributed by atoms with van der Waals surface area (Å²) in [5.74, 6) is 2.86. The summed E-state index contributed by atoms with van der Waals surface area (Å²) in [5.41, 5.74) is 6.21. The van der Waals surface area contributed by atoms with E-state index in [0.29, 0.717) is 5.41 Å². The summed E-state index contributed by atoms with van der Waals surface area (Å²) in [7, 11) is 0. The summed E-state index contributed by atoms with van der Waals surface area (Å²) in [6, 6.07) is 0. The predicted octanol–water partition coefficient (Wildman–Crippen LogP) is 3.90. The van der Waals surface area contributed by atoms with Crippen LogP contribution in [0.15, 0.2) is 0 Å². The Hall–Kier alpha value is -0.0800. The van der Waals surface area contributed by atoms with Crippen LogP contribution in [-0.4, -0.2) is 31.1 Å². The molecule has 20 heavy (non-hydrogen) atoms. The molecule has 0 heterocycles. The first-order chi connectivity index (χ1) is 9.49. The Morgan fingerprint density at radius 3 is 1.95 bits per heavy atom. The van der Waals surface area contributed by atoms with Crippen LogP contribution in [0.1, 0.15) is 65.7 Å². The van der Waals surface area contributed by atoms with Gasteiger partial charge in [-0.1, -0.05) is 20.8 Å². The number of hydrogen-bond acceptors (Lipinski definition) is 2. The quantitative estimate of drug-likeness (QED) is 0.657. The number of hydrogen-bond donors (Lipinski definition) is 1. The van der Waals surface area contributed by atoms with Crippen molar-refractivity contribution in [2.75, 3.05) is 26.2 Å². The molecule has 0 aromatic heterocycles. The lowest BCUT2D eigenvalue weighted by Crippen LogP contribution is -2.31. The predicted molar refractivity (Wildman–Crippen MR) is 87.7 cm³/mol. The zero-order chi connectivity index (χ0) is 14.6. The molecule has 2 fully saturated rings. The van der Waals surface area contributed by atoms with Gasteiger partial charge < -0.3 is 10.6 Å². The molecule has 2 nitrogen and oxygen atoms in total. The normalized spacial score (nSPS) is 21.4. The average molecular weight is 280 g/mol. The van der Waals surface area contributed by atoms with Crippen molar-refractivity contribution in [3.63, 3.8) is 0 Å². The van der Waals surface area contributed by atoms with E-state index in [4.69, 9.17) is 5.73 Å². The van der Waals surface area contributed by atoms with Gasteiger partial charge >= 0.3 is 0 Å². The van der Waals surface area contributed by atoms with E-state index >= 15 is 0 Å². The molecule has 2 aliphatic carbocycles. The molecule has 0 aromatic rings. The van der Waals surface area contributed by atoms with E-state index in [1.165, 1.54) is 64.6 Å². The van der Waals surface area contributed by atoms with Crippen LogP contribution in [0, 0.1) is 23.2 Å². The topological polar surface area (TPSA) is 29.3 Å². The van der Waals surface area contributed by atoms with Gasteiger partial charge in [0, 0.05) is 13.1 Å². The van der Waals surface area contributed by atoms with Crippen molar-refractivity contribution in [2.45, 2.75) is 65.7 Å². The fourth-order valence-electron chi connectivity index (χ4n) is 3.36. The van der Waals surface area contributed by atoms with Gasteiger partial charge in [0.2, 0.25) is 0 Å². The standard InChI is InChI=1S/C18H36N2/c1-18(2,3)17(10-11-19)5-4-12-20(13-15-6-7-15)14-16-8-9-16/h15-17H,4-14,19H2,1-3H3. The summed E-state index contributed by atoms with van der Waals surface area (Å²) < 4.78 is 0. The Labute approximate surface area is 126 Å². The largest absolute Gasteiger partial charge is 0.330 e. The van der Waals surface area contributed by atoms with E-state index in [1.807, 2.05) is 0 Å². The molecule has 0 amide bonds. The van der Waals surface area contributed by atoms with Gasteiger partial charge in [-0.15, -0.1) is 0 Å². The van der Waals surface area contributed by atoms with Gasteiger partial charge in [-0.05, 0) is 81.2 Å². The zero-order valence-electron chi connectivity index (χ0n) is 14.0. The van der Waals surface area contributed by atoms with Crippen molar-refractivity contribution in [3.05, 3.63) is 0 Å². The first kappa shape index (κ1) is 16.3. The first-order valence-electron chi connectivity index (χ1n) is 8.91. The third-order valence-electron chi connectivity index (χ3n) is 5.19. The Morgan fingerprint density at radius 2 is 1.55 bits per heavy atom. The Bertz CT molecular complexity index is 260. The van der Waals surface area contributed by atoms with Crippen molar-refractivity contribution >= 4 is 0 Å². The van der Waals surface area contributed by atoms with E-state index in [1.54, 1.807) is 0 Å².